The van der Waals surface area contributed by atoms with Gasteiger partial charge in [-0.25, -0.2) is 43.7 Å². The molecule has 0 bridgehead atoms. The Morgan fingerprint density at radius 3 is 1.77 bits per heavy atom. The molecule has 40 heteroatoms. The summed E-state index contributed by atoms with van der Waals surface area (Å²) in [6.45, 7) is 0. The zero-order chi connectivity index (χ0) is 54.9. The van der Waals surface area contributed by atoms with Crippen molar-refractivity contribution in [2.45, 2.75) is 24.5 Å². The molecule has 0 fully saturated rings. The van der Waals surface area contributed by atoms with E-state index in [1.807, 2.05) is 0 Å². The van der Waals surface area contributed by atoms with E-state index in [2.05, 4.69) is 45.8 Å². The topological polar surface area (TPSA) is 508 Å². The van der Waals surface area contributed by atoms with Crippen LogP contribution in [0.3, 0.4) is 0 Å². The quantitative estimate of drug-likeness (QED) is 0.0149. The Morgan fingerprint density at radius 1 is 0.625 bits per heavy atom. The molecule has 0 radical (unpaired) electrons. The number of H-pyrrole nitrogens is 2. The monoisotopic (exact) mass is 1250 g/mol. The number of nitrogens with one attached hydrogen (secondary N) is 5. The molecule has 6 aromatic carbocycles. The van der Waals surface area contributed by atoms with Crippen molar-refractivity contribution in [2.75, 3.05) is 16.4 Å². The zero-order valence-electron chi connectivity index (χ0n) is 41.3. The van der Waals surface area contributed by atoms with Gasteiger partial charge in [0.25, 0.3) is 10.1 Å². The predicted octanol–water partition coefficient (Wildman–Crippen LogP) is -12.9. The minimum absolute atomic E-state index is 0. The van der Waals surface area contributed by atoms with Crippen molar-refractivity contribution < 1.29 is 227 Å². The van der Waals surface area contributed by atoms with Gasteiger partial charge in [0.2, 0.25) is 16.5 Å². The van der Waals surface area contributed by atoms with Crippen molar-refractivity contribution in [3.05, 3.63) is 130 Å². The van der Waals surface area contributed by atoms with E-state index in [1.54, 1.807) is 0 Å². The molecule has 1 aliphatic rings. The van der Waals surface area contributed by atoms with Crippen molar-refractivity contribution in [1.29, 1.82) is 5.41 Å². The third kappa shape index (κ3) is 15.8. The summed E-state index contributed by atoms with van der Waals surface area (Å²) in [5, 5.41) is 29.8. The molecule has 1 aromatic heterocycles. The normalized spacial score (nSPS) is 12.9. The van der Waals surface area contributed by atoms with E-state index in [9.17, 15) is 79.5 Å². The number of amidine groups is 1. The van der Waals surface area contributed by atoms with E-state index in [0.717, 1.165) is 42.5 Å². The van der Waals surface area contributed by atoms with Crippen LogP contribution in [-0.4, -0.2) is 97.4 Å². The van der Waals surface area contributed by atoms with Gasteiger partial charge in [0.15, 0.2) is 11.6 Å². The molecule has 0 spiro atoms. The van der Waals surface area contributed by atoms with Crippen molar-refractivity contribution in [1.82, 2.24) is 15.0 Å². The van der Waals surface area contributed by atoms with Crippen molar-refractivity contribution in [3.63, 3.8) is 0 Å². The third-order valence-electron chi connectivity index (χ3n) is 10.4. The van der Waals surface area contributed by atoms with Gasteiger partial charge in [0.05, 0.1) is 59.1 Å². The van der Waals surface area contributed by atoms with Crippen LogP contribution in [0.4, 0.5) is 45.5 Å². The number of nitrogen functional groups attached to an aromatic ring is 1. The molecule has 0 saturated heterocycles. The second-order valence-electron chi connectivity index (χ2n) is 15.3. The van der Waals surface area contributed by atoms with Gasteiger partial charge in [-0.3, -0.25) is 24.5 Å². The Bertz CT molecular complexity index is 4540. The van der Waals surface area contributed by atoms with Gasteiger partial charge in [0, 0.05) is 28.2 Å². The Labute approximate surface area is 566 Å². The number of azo groups is 1. The molecule has 8 rings (SSSR count). The number of nitrogens with two attached hydrogens (primary N) is 1. The zero-order valence-corrected chi connectivity index (χ0v) is 56.1. The maximum absolute atomic E-state index is 13.8. The maximum Gasteiger partial charge on any atom is 1.00 e. The first kappa shape index (κ1) is 71.1. The molecule has 0 unspecified atom stereocenters. The van der Waals surface area contributed by atoms with E-state index >= 15 is 0 Å². The molecule has 1 heterocycles. The van der Waals surface area contributed by atoms with Crippen LogP contribution in [0, 0.1) is 5.41 Å². The number of carbonyl (C=O) groups is 2. The van der Waals surface area contributed by atoms with Crippen LogP contribution in [0.2, 0.25) is 5.28 Å². The third-order valence-corrected chi connectivity index (χ3v) is 14.9. The summed E-state index contributed by atoms with van der Waals surface area (Å²) in [7, 11) is -27.1. The summed E-state index contributed by atoms with van der Waals surface area (Å²) < 4.78 is 181. The number of hydrogen-bond donors (Lipinski definition) is 7. The molecule has 8 N–H and O–H groups in total. The van der Waals surface area contributed by atoms with Gasteiger partial charge in [-0.15, -0.1) is 10.2 Å². The minimum atomic E-state index is -5.59. The number of nitrogens with zero attached hydrogens (tertiary/aromatic N) is 5. The van der Waals surface area contributed by atoms with Crippen LogP contribution in [0.5, 0.6) is 0 Å². The number of benzene rings is 6. The van der Waals surface area contributed by atoms with Crippen LogP contribution in [-0.2, 0) is 50.6 Å². The molecular formula is C40H23ClN11Na5O18S5. The molecule has 0 atom stereocenters. The molecule has 0 amide bonds. The van der Waals surface area contributed by atoms with Gasteiger partial charge in [-0.1, -0.05) is 24.3 Å². The molecular weight excluding hydrogens is 1230 g/mol. The number of aromatic nitrogens is 3. The van der Waals surface area contributed by atoms with E-state index in [0.29, 0.717) is 18.2 Å². The number of halogens is 1. The van der Waals surface area contributed by atoms with Crippen molar-refractivity contribution in [2.24, 2.45) is 20.2 Å². The number of carbonyl (C=O) groups excluding carboxylic acids is 2. The number of anilines is 4. The minimum Gasteiger partial charge on any atom is -0.846 e. The number of ketones is 2. The Morgan fingerprint density at radius 2 is 1.21 bits per heavy atom. The van der Waals surface area contributed by atoms with Crippen LogP contribution >= 0.6 is 11.6 Å². The van der Waals surface area contributed by atoms with E-state index in [-0.39, 0.29) is 176 Å². The first-order chi connectivity index (χ1) is 34.8. The number of aromatic amines is 2. The van der Waals surface area contributed by atoms with E-state index < -0.39 is 165 Å². The first-order valence-electron chi connectivity index (χ1n) is 19.8. The fourth-order valence-electron chi connectivity index (χ4n) is 7.35. The molecule has 0 aliphatic heterocycles. The van der Waals surface area contributed by atoms with Crippen LogP contribution < -0.4 is 180 Å². The fraction of sp³-hybridized carbons (Fsp3) is 0. The smallest absolute Gasteiger partial charge is 0.846 e. The largest absolute Gasteiger partial charge is 1.00 e. The summed E-state index contributed by atoms with van der Waals surface area (Å²) in [4.78, 5) is 39.0. The number of hydrogen-bond acceptors (Lipinski definition) is 25. The number of rotatable bonds is 12. The average Bonchev–Trinajstić information content (AvgIpc) is 3.28. The second kappa shape index (κ2) is 26.8. The van der Waals surface area contributed by atoms with Gasteiger partial charge in [0.1, 0.15) is 56.7 Å². The number of fused-ring (bicyclic) bond motifs is 3. The molecule has 29 nitrogen and oxygen atoms in total. The van der Waals surface area contributed by atoms with E-state index in [1.165, 1.54) is 24.3 Å². The molecule has 1 aliphatic carbocycles. The summed E-state index contributed by atoms with van der Waals surface area (Å²) in [6.07, 6.45) is 0. The predicted molar refractivity (Wildman–Crippen MR) is 250 cm³/mol. The van der Waals surface area contributed by atoms with Gasteiger partial charge in [-0.05, 0) is 83.7 Å². The molecule has 0 saturated carbocycles. The molecule has 80 heavy (non-hydrogen) atoms. The fourth-order valence-corrected chi connectivity index (χ4v) is 10.7. The summed E-state index contributed by atoms with van der Waals surface area (Å²) in [6, 6.07) is 12.5. The Hall–Kier alpha value is -3.16. The molecule has 388 valence electrons. The molecule has 7 aromatic rings. The van der Waals surface area contributed by atoms with Gasteiger partial charge < -0.3 is 44.7 Å². The van der Waals surface area contributed by atoms with Crippen LogP contribution in [0.1, 0.15) is 31.8 Å². The van der Waals surface area contributed by atoms with Gasteiger partial charge in [-0.2, -0.15) is 13.4 Å². The Kier molecular flexibility index (Phi) is 23.8. The summed E-state index contributed by atoms with van der Waals surface area (Å²) >= 11 is 6.21. The van der Waals surface area contributed by atoms with Crippen LogP contribution in [0.15, 0.2) is 136 Å². The van der Waals surface area contributed by atoms with Crippen molar-refractivity contribution >= 4 is 136 Å². The summed E-state index contributed by atoms with van der Waals surface area (Å²) in [5.41, 5.74) is -0.0169. The van der Waals surface area contributed by atoms with Crippen molar-refractivity contribution in [3.8, 4) is 0 Å². The summed E-state index contributed by atoms with van der Waals surface area (Å²) in [5.74, 6) is -1.67. The van der Waals surface area contributed by atoms with Gasteiger partial charge >= 0.3 is 148 Å². The first-order valence-corrected chi connectivity index (χ1v) is 27.3. The van der Waals surface area contributed by atoms with Crippen LogP contribution in [0.25, 0.3) is 10.8 Å². The standard InChI is InChI=1S/C40H28ClN11O18S5.5Na/c41-37-48-39(45-18-5-7-23(24(11-18)46-38(43)55)51-52-26-14-22-16(10-30(26)74(65,66)67)9-19(71(56,57)58)13-29(22)73(62,63)64)50-40(49-37)47-25-12-17(6-8-28(25)72(59,60)61)44-27-15-31(75(68,69)70)34(42)33-32(27)35(53)20-3-1-2-4-21(20)36(33)54;;;;;/h1-15,44H,42H2,(H3,43,46,55)(H,56,57,58)(H,59,60,61)(H,62,63,64)(H,65,66,67)(H,68,69,70)(H2,45,47,48,49,50);;;;;/q;5*+1/p-5. The maximum atomic E-state index is 13.8. The SMILES string of the molecule is N=C([O-])Nc1cc(N=c2nc(Cl)[nH]c(=Nc3cc(Nc4cc(S(=O)(=O)O)c(N)c5c4C(=O)c4ccccc4C5=O)ccc3S(=O)(=O)[O-])[nH]2)ccc1N=Nc1cc2c(S(=O)(=O)[O-])cc(S(=O)(=O)[O-])cc2cc1S(=O)(=O)[O-].[Na+].[Na+].[Na+].[Na+].[Na+]. The van der Waals surface area contributed by atoms with E-state index in [4.69, 9.17) is 22.7 Å². The Balaban J connectivity index is 0.00000336. The average molecular weight is 1260 g/mol. The second-order valence-corrected chi connectivity index (χ2v) is 22.4.